The molecule has 0 aliphatic heterocycles. The van der Waals surface area contributed by atoms with Gasteiger partial charge in [0.25, 0.3) is 0 Å². The molecule has 2 N–H and O–H groups in total. The molecule has 4 heteroatoms. The number of nitrogens with one attached hydrogen (secondary N) is 1. The first-order valence-electron chi connectivity index (χ1n) is 10.7. The standard InChI is InChI=1S/C27H27NO3/c1-3-18(2)20-12-13-25-23(15-20)24(16-26(29)30)27(28-25)21-10-7-11-22(14-21)31-17-19-8-5-4-6-9-19/h4-15,18,28H,3,16-17H2,1-2H3,(H,29,30). The zero-order valence-electron chi connectivity index (χ0n) is 17.9. The second kappa shape index (κ2) is 9.09. The van der Waals surface area contributed by atoms with Crippen LogP contribution in [0.5, 0.6) is 5.75 Å². The Bertz CT molecular complexity index is 1190. The number of hydrogen-bond acceptors (Lipinski definition) is 2. The maximum absolute atomic E-state index is 11.7. The summed E-state index contributed by atoms with van der Waals surface area (Å²) in [4.78, 5) is 15.1. The summed E-state index contributed by atoms with van der Waals surface area (Å²) in [6.45, 7) is 4.84. The van der Waals surface area contributed by atoms with E-state index >= 15 is 0 Å². The molecule has 0 saturated carbocycles. The van der Waals surface area contributed by atoms with Gasteiger partial charge in [-0.15, -0.1) is 0 Å². The monoisotopic (exact) mass is 413 g/mol. The van der Waals surface area contributed by atoms with Gasteiger partial charge in [-0.05, 0) is 53.3 Å². The van der Waals surface area contributed by atoms with Gasteiger partial charge < -0.3 is 14.8 Å². The molecular formula is C27H27NO3. The van der Waals surface area contributed by atoms with Crippen LogP contribution in [0.3, 0.4) is 0 Å². The predicted octanol–water partition coefficient (Wildman–Crippen LogP) is 6.55. The van der Waals surface area contributed by atoms with Crippen LogP contribution in [0, 0.1) is 0 Å². The molecule has 0 aliphatic rings. The van der Waals surface area contributed by atoms with E-state index in [1.807, 2.05) is 54.6 Å². The summed E-state index contributed by atoms with van der Waals surface area (Å²) in [7, 11) is 0. The van der Waals surface area contributed by atoms with Crippen molar-refractivity contribution in [2.45, 2.75) is 39.2 Å². The largest absolute Gasteiger partial charge is 0.489 e. The summed E-state index contributed by atoms with van der Waals surface area (Å²) in [5, 5.41) is 10.5. The number of hydrogen-bond donors (Lipinski definition) is 2. The highest BCUT2D eigenvalue weighted by Crippen LogP contribution is 2.34. The number of rotatable bonds is 8. The van der Waals surface area contributed by atoms with Crippen LogP contribution in [-0.2, 0) is 17.8 Å². The minimum absolute atomic E-state index is 0.0333. The van der Waals surface area contributed by atoms with Gasteiger partial charge in [0.15, 0.2) is 0 Å². The fourth-order valence-electron chi connectivity index (χ4n) is 3.87. The van der Waals surface area contributed by atoms with Crippen molar-refractivity contribution in [3.8, 4) is 17.0 Å². The Labute approximate surface area is 182 Å². The lowest BCUT2D eigenvalue weighted by Crippen LogP contribution is -2.01. The number of carboxylic acids is 1. The van der Waals surface area contributed by atoms with Crippen LogP contribution in [0.2, 0.25) is 0 Å². The van der Waals surface area contributed by atoms with Gasteiger partial charge in [0, 0.05) is 16.5 Å². The molecule has 0 spiro atoms. The second-order valence-electron chi connectivity index (χ2n) is 7.97. The number of carboxylic acid groups (broad SMARTS) is 1. The van der Waals surface area contributed by atoms with Crippen molar-refractivity contribution in [1.82, 2.24) is 4.98 Å². The van der Waals surface area contributed by atoms with Crippen LogP contribution < -0.4 is 4.74 Å². The molecule has 1 unspecified atom stereocenters. The number of aromatic nitrogens is 1. The molecule has 3 aromatic carbocycles. The molecule has 1 aromatic heterocycles. The Morgan fingerprint density at radius 2 is 1.84 bits per heavy atom. The lowest BCUT2D eigenvalue weighted by Gasteiger charge is -2.10. The summed E-state index contributed by atoms with van der Waals surface area (Å²) in [6.07, 6.45) is 1.01. The van der Waals surface area contributed by atoms with E-state index in [4.69, 9.17) is 4.74 Å². The van der Waals surface area contributed by atoms with E-state index in [1.54, 1.807) is 0 Å². The summed E-state index contributed by atoms with van der Waals surface area (Å²) < 4.78 is 5.98. The topological polar surface area (TPSA) is 62.3 Å². The molecule has 0 bridgehead atoms. The molecule has 0 fully saturated rings. The molecule has 1 heterocycles. The molecule has 0 saturated heterocycles. The lowest BCUT2D eigenvalue weighted by molar-refractivity contribution is -0.136. The number of aromatic amines is 1. The zero-order valence-corrected chi connectivity index (χ0v) is 17.9. The number of H-pyrrole nitrogens is 1. The minimum atomic E-state index is -0.840. The average molecular weight is 414 g/mol. The van der Waals surface area contributed by atoms with Gasteiger partial charge in [0.1, 0.15) is 12.4 Å². The van der Waals surface area contributed by atoms with Gasteiger partial charge in [0.2, 0.25) is 0 Å². The van der Waals surface area contributed by atoms with Gasteiger partial charge in [-0.25, -0.2) is 0 Å². The Hall–Kier alpha value is -3.53. The van der Waals surface area contributed by atoms with Crippen LogP contribution in [0.15, 0.2) is 72.8 Å². The van der Waals surface area contributed by atoms with Crippen molar-refractivity contribution in [2.24, 2.45) is 0 Å². The van der Waals surface area contributed by atoms with Crippen molar-refractivity contribution in [3.05, 3.63) is 89.5 Å². The third-order valence-electron chi connectivity index (χ3n) is 5.81. The molecule has 0 amide bonds. The predicted molar refractivity (Wildman–Crippen MR) is 125 cm³/mol. The normalized spacial score (nSPS) is 12.1. The maximum atomic E-state index is 11.7. The van der Waals surface area contributed by atoms with E-state index in [0.29, 0.717) is 12.5 Å². The van der Waals surface area contributed by atoms with Crippen LogP contribution in [-0.4, -0.2) is 16.1 Å². The Morgan fingerprint density at radius 3 is 2.58 bits per heavy atom. The van der Waals surface area contributed by atoms with Gasteiger partial charge in [-0.1, -0.05) is 62.4 Å². The third-order valence-corrected chi connectivity index (χ3v) is 5.81. The first-order chi connectivity index (χ1) is 15.0. The van der Waals surface area contributed by atoms with E-state index < -0.39 is 5.97 Å². The highest BCUT2D eigenvalue weighted by molar-refractivity contribution is 5.94. The Morgan fingerprint density at radius 1 is 1.03 bits per heavy atom. The summed E-state index contributed by atoms with van der Waals surface area (Å²) in [6, 6.07) is 24.2. The third kappa shape index (κ3) is 4.64. The molecule has 4 nitrogen and oxygen atoms in total. The molecule has 31 heavy (non-hydrogen) atoms. The van der Waals surface area contributed by atoms with Crippen LogP contribution >= 0.6 is 0 Å². The smallest absolute Gasteiger partial charge is 0.307 e. The number of benzene rings is 3. The number of ether oxygens (including phenoxy) is 1. The van der Waals surface area contributed by atoms with E-state index in [2.05, 4.69) is 37.0 Å². The highest BCUT2D eigenvalue weighted by atomic mass is 16.5. The van der Waals surface area contributed by atoms with Crippen molar-refractivity contribution < 1.29 is 14.6 Å². The van der Waals surface area contributed by atoms with E-state index in [-0.39, 0.29) is 6.42 Å². The first kappa shape index (κ1) is 20.7. The van der Waals surface area contributed by atoms with Crippen molar-refractivity contribution in [2.75, 3.05) is 0 Å². The van der Waals surface area contributed by atoms with E-state index in [9.17, 15) is 9.90 Å². The number of carbonyl (C=O) groups is 1. The summed E-state index contributed by atoms with van der Waals surface area (Å²) >= 11 is 0. The molecule has 158 valence electrons. The van der Waals surface area contributed by atoms with Crippen LogP contribution in [0.25, 0.3) is 22.2 Å². The van der Waals surface area contributed by atoms with Crippen molar-refractivity contribution in [1.29, 1.82) is 0 Å². The van der Waals surface area contributed by atoms with Gasteiger partial charge in [-0.3, -0.25) is 4.79 Å². The SMILES string of the molecule is CCC(C)c1ccc2[nH]c(-c3cccc(OCc4ccccc4)c3)c(CC(=O)O)c2c1. The molecule has 1 atom stereocenters. The fraction of sp³-hybridized carbons (Fsp3) is 0.222. The quantitative estimate of drug-likeness (QED) is 0.344. The van der Waals surface area contributed by atoms with Crippen LogP contribution in [0.1, 0.15) is 42.9 Å². The number of fused-ring (bicyclic) bond motifs is 1. The highest BCUT2D eigenvalue weighted by Gasteiger charge is 2.17. The summed E-state index contributed by atoms with van der Waals surface area (Å²) in [5.74, 6) is 0.337. The molecule has 4 rings (SSSR count). The first-order valence-corrected chi connectivity index (χ1v) is 10.7. The molecule has 4 aromatic rings. The maximum Gasteiger partial charge on any atom is 0.307 e. The van der Waals surface area contributed by atoms with Gasteiger partial charge in [-0.2, -0.15) is 0 Å². The van der Waals surface area contributed by atoms with E-state index in [0.717, 1.165) is 45.5 Å². The molecule has 0 aliphatic carbocycles. The fourth-order valence-corrected chi connectivity index (χ4v) is 3.87. The Balaban J connectivity index is 1.71. The van der Waals surface area contributed by atoms with Gasteiger partial charge >= 0.3 is 5.97 Å². The average Bonchev–Trinajstić information content (AvgIpc) is 3.15. The van der Waals surface area contributed by atoms with Crippen LogP contribution in [0.4, 0.5) is 0 Å². The van der Waals surface area contributed by atoms with E-state index in [1.165, 1.54) is 5.56 Å². The molecular weight excluding hydrogens is 386 g/mol. The number of aliphatic carboxylic acids is 1. The van der Waals surface area contributed by atoms with Crippen molar-refractivity contribution in [3.63, 3.8) is 0 Å². The Kier molecular flexibility index (Phi) is 6.08. The lowest BCUT2D eigenvalue weighted by atomic mass is 9.95. The zero-order chi connectivity index (χ0) is 21.8. The van der Waals surface area contributed by atoms with Gasteiger partial charge in [0.05, 0.1) is 12.1 Å². The second-order valence-corrected chi connectivity index (χ2v) is 7.97. The minimum Gasteiger partial charge on any atom is -0.489 e. The molecule has 0 radical (unpaired) electrons. The van der Waals surface area contributed by atoms with Crippen molar-refractivity contribution >= 4 is 16.9 Å². The summed E-state index contributed by atoms with van der Waals surface area (Å²) in [5.41, 5.74) is 5.85.